The fraction of sp³-hybridized carbons (Fsp3) is 0.278. The van der Waals surface area contributed by atoms with E-state index in [1.54, 1.807) is 23.1 Å². The van der Waals surface area contributed by atoms with Gasteiger partial charge in [0.25, 0.3) is 0 Å². The second kappa shape index (κ2) is 7.49. The lowest BCUT2D eigenvalue weighted by atomic mass is 10.1. The third-order valence-electron chi connectivity index (χ3n) is 4.23. The largest absolute Gasteiger partial charge is 0.418 e. The van der Waals surface area contributed by atoms with Gasteiger partial charge in [-0.2, -0.15) is 13.2 Å². The molecule has 1 heterocycles. The van der Waals surface area contributed by atoms with Gasteiger partial charge in [-0.1, -0.05) is 24.3 Å². The Bertz CT molecular complexity index is 786. The number of thiocarbonyl (C=S) groups is 1. The van der Waals surface area contributed by atoms with E-state index in [1.807, 2.05) is 4.90 Å². The Hall–Kier alpha value is -2.35. The van der Waals surface area contributed by atoms with Crippen molar-refractivity contribution in [2.24, 2.45) is 0 Å². The van der Waals surface area contributed by atoms with Crippen LogP contribution in [0.15, 0.2) is 48.5 Å². The Morgan fingerprint density at radius 2 is 1.54 bits per heavy atom. The topological polar surface area (TPSA) is 18.5 Å². The molecule has 3 nitrogen and oxygen atoms in total. The minimum atomic E-state index is -4.46. The van der Waals surface area contributed by atoms with Gasteiger partial charge in [-0.3, -0.25) is 0 Å². The summed E-state index contributed by atoms with van der Waals surface area (Å²) in [5, 5.41) is 2.93. The molecule has 2 aromatic rings. The summed E-state index contributed by atoms with van der Waals surface area (Å²) in [6.07, 6.45) is -4.46. The molecular formula is C18H17F4N3S. The minimum absolute atomic E-state index is 0.0680. The van der Waals surface area contributed by atoms with Crippen molar-refractivity contribution in [3.8, 4) is 0 Å². The molecule has 0 aliphatic carbocycles. The van der Waals surface area contributed by atoms with E-state index in [4.69, 9.17) is 12.2 Å². The second-order valence-corrected chi connectivity index (χ2v) is 6.29. The summed E-state index contributed by atoms with van der Waals surface area (Å²) in [6, 6.07) is 11.7. The third-order valence-corrected chi connectivity index (χ3v) is 4.59. The number of benzene rings is 2. The van der Waals surface area contributed by atoms with Gasteiger partial charge in [0.1, 0.15) is 5.82 Å². The molecule has 0 aromatic heterocycles. The summed E-state index contributed by atoms with van der Waals surface area (Å²) in [5.41, 5.74) is -0.303. The number of hydrogen-bond acceptors (Lipinski definition) is 2. The molecule has 8 heteroatoms. The van der Waals surface area contributed by atoms with Crippen LogP contribution in [0.1, 0.15) is 5.56 Å². The van der Waals surface area contributed by atoms with E-state index in [0.29, 0.717) is 31.9 Å². The Morgan fingerprint density at radius 1 is 0.923 bits per heavy atom. The van der Waals surface area contributed by atoms with Crippen molar-refractivity contribution in [3.63, 3.8) is 0 Å². The van der Waals surface area contributed by atoms with Crippen LogP contribution >= 0.6 is 12.2 Å². The normalized spacial score (nSPS) is 15.1. The highest BCUT2D eigenvalue weighted by atomic mass is 32.1. The van der Waals surface area contributed by atoms with Crippen LogP contribution in [0.3, 0.4) is 0 Å². The first kappa shape index (κ1) is 18.4. The van der Waals surface area contributed by atoms with Crippen molar-refractivity contribution in [1.82, 2.24) is 4.90 Å². The van der Waals surface area contributed by atoms with Crippen LogP contribution in [0.4, 0.5) is 28.9 Å². The predicted octanol–water partition coefficient (Wildman–Crippen LogP) is 4.36. The second-order valence-electron chi connectivity index (χ2n) is 5.90. The molecule has 2 aromatic carbocycles. The van der Waals surface area contributed by atoms with Gasteiger partial charge in [0.2, 0.25) is 0 Å². The number of nitrogens with zero attached hydrogens (tertiary/aromatic N) is 2. The molecule has 1 N–H and O–H groups in total. The summed E-state index contributed by atoms with van der Waals surface area (Å²) in [7, 11) is 0. The molecule has 1 aliphatic heterocycles. The molecule has 0 unspecified atom stereocenters. The van der Waals surface area contributed by atoms with E-state index >= 15 is 0 Å². The lowest BCUT2D eigenvalue weighted by Gasteiger charge is -2.37. The van der Waals surface area contributed by atoms with Crippen LogP contribution in [-0.4, -0.2) is 36.2 Å². The molecule has 0 amide bonds. The van der Waals surface area contributed by atoms with Gasteiger partial charge in [-0.15, -0.1) is 0 Å². The average molecular weight is 383 g/mol. The zero-order chi connectivity index (χ0) is 18.7. The van der Waals surface area contributed by atoms with Crippen LogP contribution in [-0.2, 0) is 6.18 Å². The first-order valence-electron chi connectivity index (χ1n) is 8.08. The number of rotatable bonds is 2. The molecule has 26 heavy (non-hydrogen) atoms. The fourth-order valence-corrected chi connectivity index (χ4v) is 3.18. The quantitative estimate of drug-likeness (QED) is 0.613. The Balaban J connectivity index is 1.64. The summed E-state index contributed by atoms with van der Waals surface area (Å²) in [6.45, 7) is 2.05. The van der Waals surface area contributed by atoms with Crippen molar-refractivity contribution in [2.75, 3.05) is 36.4 Å². The van der Waals surface area contributed by atoms with Crippen LogP contribution in [0.5, 0.6) is 0 Å². The molecule has 1 aliphatic rings. The Labute approximate surface area is 154 Å². The van der Waals surface area contributed by atoms with E-state index in [9.17, 15) is 17.6 Å². The van der Waals surface area contributed by atoms with Crippen LogP contribution < -0.4 is 10.2 Å². The highest BCUT2D eigenvalue weighted by Gasteiger charge is 2.33. The predicted molar refractivity (Wildman–Crippen MR) is 97.9 cm³/mol. The molecule has 0 spiro atoms. The van der Waals surface area contributed by atoms with Gasteiger partial charge < -0.3 is 15.1 Å². The van der Waals surface area contributed by atoms with Crippen molar-refractivity contribution >= 4 is 28.7 Å². The SMILES string of the molecule is Fc1ccccc1N1CCN(C(=S)Nc2ccccc2C(F)(F)F)CC1. The maximum atomic E-state index is 13.9. The molecule has 0 radical (unpaired) electrons. The van der Waals surface area contributed by atoms with E-state index in [1.165, 1.54) is 24.3 Å². The van der Waals surface area contributed by atoms with Crippen molar-refractivity contribution in [1.29, 1.82) is 0 Å². The lowest BCUT2D eigenvalue weighted by molar-refractivity contribution is -0.136. The summed E-state index contributed by atoms with van der Waals surface area (Å²) < 4.78 is 53.1. The maximum Gasteiger partial charge on any atom is 0.418 e. The van der Waals surface area contributed by atoms with Gasteiger partial charge in [0.05, 0.1) is 16.9 Å². The van der Waals surface area contributed by atoms with E-state index in [-0.39, 0.29) is 16.6 Å². The summed E-state index contributed by atoms with van der Waals surface area (Å²) in [5.74, 6) is -0.291. The highest BCUT2D eigenvalue weighted by molar-refractivity contribution is 7.80. The molecule has 1 saturated heterocycles. The lowest BCUT2D eigenvalue weighted by Crippen LogP contribution is -2.50. The smallest absolute Gasteiger partial charge is 0.366 e. The van der Waals surface area contributed by atoms with Crippen molar-refractivity contribution < 1.29 is 17.6 Å². The van der Waals surface area contributed by atoms with Gasteiger partial charge in [-0.05, 0) is 36.5 Å². The number of hydrogen-bond donors (Lipinski definition) is 1. The van der Waals surface area contributed by atoms with Crippen molar-refractivity contribution in [3.05, 3.63) is 59.9 Å². The maximum absolute atomic E-state index is 13.9. The molecular weight excluding hydrogens is 366 g/mol. The van der Waals surface area contributed by atoms with E-state index in [2.05, 4.69) is 5.32 Å². The van der Waals surface area contributed by atoms with E-state index < -0.39 is 11.7 Å². The molecule has 1 fully saturated rings. The molecule has 138 valence electrons. The van der Waals surface area contributed by atoms with Crippen LogP contribution in [0.25, 0.3) is 0 Å². The monoisotopic (exact) mass is 383 g/mol. The number of alkyl halides is 3. The number of piperazine rings is 1. The first-order valence-corrected chi connectivity index (χ1v) is 8.49. The van der Waals surface area contributed by atoms with Gasteiger partial charge in [-0.25, -0.2) is 4.39 Å². The van der Waals surface area contributed by atoms with Crippen molar-refractivity contribution in [2.45, 2.75) is 6.18 Å². The molecule has 0 atom stereocenters. The zero-order valence-electron chi connectivity index (χ0n) is 13.8. The molecule has 0 bridgehead atoms. The first-order chi connectivity index (χ1) is 12.4. The van der Waals surface area contributed by atoms with E-state index in [0.717, 1.165) is 6.07 Å². The highest BCUT2D eigenvalue weighted by Crippen LogP contribution is 2.34. The molecule has 3 rings (SSSR count). The van der Waals surface area contributed by atoms with Gasteiger partial charge in [0.15, 0.2) is 5.11 Å². The number of halogens is 4. The zero-order valence-corrected chi connectivity index (χ0v) is 14.6. The van der Waals surface area contributed by atoms with Crippen LogP contribution in [0, 0.1) is 5.82 Å². The standard InChI is InChI=1S/C18H17F4N3S/c19-14-6-2-4-8-16(14)24-9-11-25(12-10-24)17(26)23-15-7-3-1-5-13(15)18(20,21)22/h1-8H,9-12H2,(H,23,26). The third kappa shape index (κ3) is 4.07. The van der Waals surface area contributed by atoms with Gasteiger partial charge in [0, 0.05) is 26.2 Å². The minimum Gasteiger partial charge on any atom is -0.366 e. The summed E-state index contributed by atoms with van der Waals surface area (Å²) >= 11 is 5.27. The summed E-state index contributed by atoms with van der Waals surface area (Å²) in [4.78, 5) is 3.69. The molecule has 0 saturated carbocycles. The average Bonchev–Trinajstić information content (AvgIpc) is 2.62. The Kier molecular flexibility index (Phi) is 5.31. The van der Waals surface area contributed by atoms with Crippen LogP contribution in [0.2, 0.25) is 0 Å². The number of para-hydroxylation sites is 2. The number of anilines is 2. The fourth-order valence-electron chi connectivity index (χ4n) is 2.89. The Morgan fingerprint density at radius 3 is 2.19 bits per heavy atom. The number of nitrogens with one attached hydrogen (secondary N) is 1. The van der Waals surface area contributed by atoms with Gasteiger partial charge >= 0.3 is 6.18 Å².